The van der Waals surface area contributed by atoms with Gasteiger partial charge >= 0.3 is 0 Å². The number of fused-ring (bicyclic) bond motifs is 1. The van der Waals surface area contributed by atoms with Crippen molar-refractivity contribution in [2.75, 3.05) is 23.8 Å². The summed E-state index contributed by atoms with van der Waals surface area (Å²) in [6.45, 7) is 1.97. The maximum absolute atomic E-state index is 12.3. The van der Waals surface area contributed by atoms with E-state index in [2.05, 4.69) is 20.7 Å². The highest BCUT2D eigenvalue weighted by atomic mass is 35.5. The maximum atomic E-state index is 12.3. The van der Waals surface area contributed by atoms with Crippen molar-refractivity contribution in [3.8, 4) is 11.5 Å². The van der Waals surface area contributed by atoms with E-state index < -0.39 is 5.91 Å². The van der Waals surface area contributed by atoms with E-state index in [9.17, 15) is 9.59 Å². The third-order valence-corrected chi connectivity index (χ3v) is 5.55. The molecule has 0 saturated carbocycles. The van der Waals surface area contributed by atoms with Crippen molar-refractivity contribution in [2.45, 2.75) is 19.4 Å². The molecule has 9 nitrogen and oxygen atoms in total. The van der Waals surface area contributed by atoms with E-state index in [1.54, 1.807) is 41.1 Å². The van der Waals surface area contributed by atoms with Gasteiger partial charge in [-0.25, -0.2) is 4.68 Å². The molecule has 0 fully saturated rings. The first-order valence-corrected chi connectivity index (χ1v) is 10.5. The van der Waals surface area contributed by atoms with Crippen molar-refractivity contribution in [2.24, 2.45) is 0 Å². The molecule has 0 saturated heterocycles. The first kappa shape index (κ1) is 21.9. The molecule has 1 aliphatic heterocycles. The quantitative estimate of drug-likeness (QED) is 0.535. The van der Waals surface area contributed by atoms with Crippen LogP contribution in [0.3, 0.4) is 0 Å². The number of halogens is 2. The lowest BCUT2D eigenvalue weighted by molar-refractivity contribution is -0.118. The summed E-state index contributed by atoms with van der Waals surface area (Å²) in [5, 5.41) is 10.1. The second-order valence-electron chi connectivity index (χ2n) is 6.87. The van der Waals surface area contributed by atoms with E-state index in [4.69, 9.17) is 32.7 Å². The Morgan fingerprint density at radius 3 is 2.91 bits per heavy atom. The molecule has 0 bridgehead atoms. The zero-order chi connectivity index (χ0) is 22.7. The van der Waals surface area contributed by atoms with Crippen LogP contribution in [0.2, 0.25) is 10.0 Å². The number of nitrogens with one attached hydrogen (secondary N) is 2. The standard InChI is InChI=1S/C21H19Cl2N5O4/c1-2-31-17-8-12(15-9-18(29)27-21-24-11-25-28(15)21)6-7-16(17)32-10-19(30)26-14-5-3-4-13(22)20(14)23/h3-8,11,15H,2,9-10H2,1H3,(H,26,30)(H,24,25,27,29). The molecule has 2 heterocycles. The van der Waals surface area contributed by atoms with Crippen LogP contribution in [0.25, 0.3) is 0 Å². The van der Waals surface area contributed by atoms with Gasteiger partial charge in [0, 0.05) is 0 Å². The summed E-state index contributed by atoms with van der Waals surface area (Å²) >= 11 is 12.1. The number of benzene rings is 2. The Labute approximate surface area is 193 Å². The summed E-state index contributed by atoms with van der Waals surface area (Å²) in [5.74, 6) is 0.677. The van der Waals surface area contributed by atoms with Crippen LogP contribution in [-0.4, -0.2) is 39.8 Å². The van der Waals surface area contributed by atoms with Crippen molar-refractivity contribution >= 4 is 46.7 Å². The highest BCUT2D eigenvalue weighted by Gasteiger charge is 2.28. The van der Waals surface area contributed by atoms with Gasteiger partial charge < -0.3 is 14.8 Å². The van der Waals surface area contributed by atoms with Crippen molar-refractivity contribution < 1.29 is 19.1 Å². The van der Waals surface area contributed by atoms with Gasteiger partial charge in [0.05, 0.1) is 34.8 Å². The van der Waals surface area contributed by atoms with E-state index in [0.717, 1.165) is 5.56 Å². The number of amides is 2. The molecule has 1 aliphatic rings. The Morgan fingerprint density at radius 2 is 2.09 bits per heavy atom. The number of ether oxygens (including phenoxy) is 2. The van der Waals surface area contributed by atoms with Gasteiger partial charge in [-0.2, -0.15) is 10.1 Å². The van der Waals surface area contributed by atoms with Gasteiger partial charge in [0.2, 0.25) is 11.9 Å². The predicted molar refractivity (Wildman–Crippen MR) is 120 cm³/mol. The number of carbonyl (C=O) groups is 2. The Hall–Kier alpha value is -3.30. The molecule has 2 aromatic carbocycles. The lowest BCUT2D eigenvalue weighted by Gasteiger charge is -2.24. The van der Waals surface area contributed by atoms with Gasteiger partial charge in [-0.1, -0.05) is 35.3 Å². The molecule has 0 radical (unpaired) electrons. The number of anilines is 2. The topological polar surface area (TPSA) is 107 Å². The lowest BCUT2D eigenvalue weighted by Crippen LogP contribution is -2.29. The SMILES string of the molecule is CCOc1cc(C2CC(=O)Nc3ncnn32)ccc1OCC(=O)Nc1cccc(Cl)c1Cl. The van der Waals surface area contributed by atoms with Crippen LogP contribution in [0.4, 0.5) is 11.6 Å². The van der Waals surface area contributed by atoms with Crippen LogP contribution in [0.5, 0.6) is 11.5 Å². The normalized spacial score (nSPS) is 15.0. The van der Waals surface area contributed by atoms with Crippen LogP contribution in [0, 0.1) is 0 Å². The molecule has 2 N–H and O–H groups in total. The molecule has 11 heteroatoms. The van der Waals surface area contributed by atoms with Gasteiger partial charge in [-0.3, -0.25) is 14.9 Å². The first-order chi connectivity index (χ1) is 15.5. The highest BCUT2D eigenvalue weighted by molar-refractivity contribution is 6.44. The zero-order valence-electron chi connectivity index (χ0n) is 17.0. The van der Waals surface area contributed by atoms with Gasteiger partial charge in [0.1, 0.15) is 6.33 Å². The Bertz CT molecular complexity index is 1170. The fourth-order valence-corrected chi connectivity index (χ4v) is 3.66. The second-order valence-corrected chi connectivity index (χ2v) is 7.66. The van der Waals surface area contributed by atoms with E-state index in [-0.39, 0.29) is 30.0 Å². The van der Waals surface area contributed by atoms with E-state index in [0.29, 0.717) is 34.8 Å². The molecule has 3 aromatic rings. The number of hydrogen-bond donors (Lipinski definition) is 2. The summed E-state index contributed by atoms with van der Waals surface area (Å²) < 4.78 is 13.0. The minimum absolute atomic E-state index is 0.148. The lowest BCUT2D eigenvalue weighted by atomic mass is 10.0. The minimum atomic E-state index is -0.406. The average Bonchev–Trinajstić information content (AvgIpc) is 3.24. The van der Waals surface area contributed by atoms with Crippen molar-refractivity contribution in [3.05, 3.63) is 58.3 Å². The summed E-state index contributed by atoms with van der Waals surface area (Å²) in [6, 6.07) is 9.90. The smallest absolute Gasteiger partial charge is 0.262 e. The average molecular weight is 476 g/mol. The third kappa shape index (κ3) is 4.63. The summed E-state index contributed by atoms with van der Waals surface area (Å²) in [4.78, 5) is 28.4. The zero-order valence-corrected chi connectivity index (χ0v) is 18.5. The molecule has 166 valence electrons. The van der Waals surface area contributed by atoms with E-state index in [1.807, 2.05) is 6.92 Å². The fraction of sp³-hybridized carbons (Fsp3) is 0.238. The molecular formula is C21H19Cl2N5O4. The van der Waals surface area contributed by atoms with Crippen LogP contribution in [0.15, 0.2) is 42.7 Å². The molecule has 4 rings (SSSR count). The number of nitrogens with zero attached hydrogens (tertiary/aromatic N) is 3. The van der Waals surface area contributed by atoms with Gasteiger partial charge in [-0.05, 0) is 36.8 Å². The molecule has 1 aromatic heterocycles. The molecule has 1 unspecified atom stereocenters. The third-order valence-electron chi connectivity index (χ3n) is 4.74. The molecule has 1 atom stereocenters. The van der Waals surface area contributed by atoms with Crippen LogP contribution in [-0.2, 0) is 9.59 Å². The predicted octanol–water partition coefficient (Wildman–Crippen LogP) is 3.93. The second kappa shape index (κ2) is 9.46. The number of rotatable bonds is 7. The van der Waals surface area contributed by atoms with Gasteiger partial charge in [0.15, 0.2) is 18.1 Å². The van der Waals surface area contributed by atoms with Crippen molar-refractivity contribution in [3.63, 3.8) is 0 Å². The van der Waals surface area contributed by atoms with Crippen LogP contribution < -0.4 is 20.1 Å². The van der Waals surface area contributed by atoms with Crippen LogP contribution >= 0.6 is 23.2 Å². The van der Waals surface area contributed by atoms with Crippen molar-refractivity contribution in [1.82, 2.24) is 14.8 Å². The molecule has 32 heavy (non-hydrogen) atoms. The molecule has 0 aliphatic carbocycles. The van der Waals surface area contributed by atoms with Gasteiger partial charge in [0.25, 0.3) is 5.91 Å². The number of aromatic nitrogens is 3. The minimum Gasteiger partial charge on any atom is -0.490 e. The molecule has 0 spiro atoms. The molecule has 2 amide bonds. The fourth-order valence-electron chi connectivity index (χ4n) is 3.31. The number of hydrogen-bond acceptors (Lipinski definition) is 6. The summed E-state index contributed by atoms with van der Waals surface area (Å²) in [5.41, 5.74) is 1.20. The van der Waals surface area contributed by atoms with Gasteiger partial charge in [-0.15, -0.1) is 0 Å². The van der Waals surface area contributed by atoms with E-state index in [1.165, 1.54) is 6.33 Å². The Morgan fingerprint density at radius 1 is 1.25 bits per heavy atom. The highest BCUT2D eigenvalue weighted by Crippen LogP contribution is 2.35. The first-order valence-electron chi connectivity index (χ1n) is 9.79. The summed E-state index contributed by atoms with van der Waals surface area (Å²) in [6.07, 6.45) is 1.60. The Balaban J connectivity index is 1.50. The van der Waals surface area contributed by atoms with Crippen LogP contribution in [0.1, 0.15) is 24.9 Å². The van der Waals surface area contributed by atoms with E-state index >= 15 is 0 Å². The number of carbonyl (C=O) groups excluding carboxylic acids is 2. The maximum Gasteiger partial charge on any atom is 0.262 e. The monoisotopic (exact) mass is 475 g/mol. The Kier molecular flexibility index (Phi) is 6.48. The largest absolute Gasteiger partial charge is 0.490 e. The molecular weight excluding hydrogens is 457 g/mol. The summed E-state index contributed by atoms with van der Waals surface area (Å²) in [7, 11) is 0. The van der Waals surface area contributed by atoms with Crippen molar-refractivity contribution in [1.29, 1.82) is 0 Å².